The van der Waals surface area contributed by atoms with E-state index >= 15 is 0 Å². The van der Waals surface area contributed by atoms with Crippen molar-refractivity contribution >= 4 is 17.9 Å². The number of unbranched alkanes of at least 4 members (excludes halogenated alkanes) is 27. The molecule has 0 amide bonds. The number of hydrogen-bond acceptors (Lipinski definition) is 6. The van der Waals surface area contributed by atoms with Crippen molar-refractivity contribution in [2.45, 2.75) is 284 Å². The number of carbonyl (C=O) groups is 3. The van der Waals surface area contributed by atoms with E-state index in [4.69, 9.17) is 14.2 Å². The van der Waals surface area contributed by atoms with Crippen molar-refractivity contribution in [2.75, 3.05) is 13.2 Å². The molecule has 0 aromatic carbocycles. The molecule has 0 saturated carbocycles. The van der Waals surface area contributed by atoms with Crippen LogP contribution in [0.4, 0.5) is 0 Å². The Bertz CT molecular complexity index is 1330. The number of rotatable bonds is 52. The minimum Gasteiger partial charge on any atom is -0.462 e. The van der Waals surface area contributed by atoms with Gasteiger partial charge in [0.2, 0.25) is 0 Å². The summed E-state index contributed by atoms with van der Waals surface area (Å²) < 4.78 is 16.8. The third-order valence-corrected chi connectivity index (χ3v) is 12.4. The molecule has 0 rings (SSSR count). The lowest BCUT2D eigenvalue weighted by atomic mass is 10.0. The standard InChI is InChI=1S/C63H108O6/c1-4-7-10-13-16-19-22-25-27-29-31-33-35-38-40-43-46-49-52-55-61(64)67-58-60(69-63(66)57-54-51-48-45-42-37-24-21-18-15-12-9-6-3)59-68-62(65)56-53-50-47-44-41-39-36-34-32-30-28-26-23-20-17-14-11-8-5-2/h16-17,19-20,25-28,31,33,38,40,46,49,60H,4-15,18,21-24,29-30,32,34-37,39,41-45,47-48,50-59H2,1-3H3/b19-16-,20-17-,27-25-,28-26-,33-31-,40-38-,49-46-/t60-/m1/s1. The van der Waals surface area contributed by atoms with Crippen LogP contribution in [0.15, 0.2) is 85.1 Å². The minimum atomic E-state index is -0.807. The molecule has 0 aliphatic heterocycles. The highest BCUT2D eigenvalue weighted by molar-refractivity contribution is 5.71. The van der Waals surface area contributed by atoms with Crippen LogP contribution in [0, 0.1) is 0 Å². The van der Waals surface area contributed by atoms with Crippen molar-refractivity contribution in [3.63, 3.8) is 0 Å². The normalized spacial score (nSPS) is 12.7. The van der Waals surface area contributed by atoms with Gasteiger partial charge in [0.1, 0.15) is 13.2 Å². The van der Waals surface area contributed by atoms with E-state index in [0.29, 0.717) is 19.3 Å². The second-order valence-corrected chi connectivity index (χ2v) is 19.2. The molecular weight excluding hydrogens is 853 g/mol. The topological polar surface area (TPSA) is 78.9 Å². The Morgan fingerprint density at radius 1 is 0.290 bits per heavy atom. The molecule has 0 fully saturated rings. The average Bonchev–Trinajstić information content (AvgIpc) is 3.35. The summed E-state index contributed by atoms with van der Waals surface area (Å²) in [6.45, 7) is 6.53. The lowest BCUT2D eigenvalue weighted by Gasteiger charge is -2.18. The molecule has 1 atom stereocenters. The van der Waals surface area contributed by atoms with Crippen molar-refractivity contribution in [2.24, 2.45) is 0 Å². The summed E-state index contributed by atoms with van der Waals surface area (Å²) in [6.07, 6.45) is 74.4. The molecule has 0 aliphatic rings. The summed E-state index contributed by atoms with van der Waals surface area (Å²) in [5.74, 6) is -0.983. The van der Waals surface area contributed by atoms with Gasteiger partial charge in [-0.25, -0.2) is 0 Å². The van der Waals surface area contributed by atoms with Gasteiger partial charge < -0.3 is 14.2 Å². The Labute approximate surface area is 426 Å². The average molecular weight is 962 g/mol. The molecular formula is C63H108O6. The van der Waals surface area contributed by atoms with Gasteiger partial charge >= 0.3 is 17.9 Å². The molecule has 0 aromatic heterocycles. The van der Waals surface area contributed by atoms with Gasteiger partial charge in [-0.15, -0.1) is 0 Å². The first kappa shape index (κ1) is 65.6. The summed E-state index contributed by atoms with van der Waals surface area (Å²) in [7, 11) is 0. The zero-order chi connectivity index (χ0) is 50.0. The fraction of sp³-hybridized carbons (Fsp3) is 0.730. The molecule has 0 radical (unpaired) electrons. The number of ether oxygens (including phenoxy) is 3. The van der Waals surface area contributed by atoms with Gasteiger partial charge in [-0.3, -0.25) is 14.4 Å². The fourth-order valence-electron chi connectivity index (χ4n) is 7.99. The first-order chi connectivity index (χ1) is 34.0. The summed E-state index contributed by atoms with van der Waals surface area (Å²) in [4.78, 5) is 38.1. The Kier molecular flexibility index (Phi) is 54.3. The highest BCUT2D eigenvalue weighted by Gasteiger charge is 2.19. The van der Waals surface area contributed by atoms with Crippen LogP contribution >= 0.6 is 0 Å². The Morgan fingerprint density at radius 2 is 0.551 bits per heavy atom. The molecule has 0 aliphatic carbocycles. The van der Waals surface area contributed by atoms with E-state index in [1.807, 2.05) is 6.08 Å². The first-order valence-electron chi connectivity index (χ1n) is 29.1. The zero-order valence-corrected chi connectivity index (χ0v) is 45.3. The van der Waals surface area contributed by atoms with Gasteiger partial charge in [0, 0.05) is 19.3 Å². The number of esters is 3. The maximum atomic E-state index is 12.8. The molecule has 69 heavy (non-hydrogen) atoms. The van der Waals surface area contributed by atoms with Crippen molar-refractivity contribution in [3.05, 3.63) is 85.1 Å². The SMILES string of the molecule is CCCCC/C=C\C/C=C\C/C=C\C/C=C\C/C=C\CCC(=O)OC[C@H](COC(=O)CCCCCCCCCCC/C=C\C/C=C\CCCCC)OC(=O)CCCCCCCCCCCCCCC. The van der Waals surface area contributed by atoms with E-state index in [-0.39, 0.29) is 37.5 Å². The van der Waals surface area contributed by atoms with E-state index in [1.165, 1.54) is 161 Å². The summed E-state index contributed by atoms with van der Waals surface area (Å²) in [5.41, 5.74) is 0. The molecule has 0 N–H and O–H groups in total. The smallest absolute Gasteiger partial charge is 0.306 e. The third kappa shape index (κ3) is 55.4. The zero-order valence-electron chi connectivity index (χ0n) is 45.3. The van der Waals surface area contributed by atoms with Gasteiger partial charge in [0.25, 0.3) is 0 Å². The van der Waals surface area contributed by atoms with E-state index in [0.717, 1.165) is 70.6 Å². The predicted octanol–water partition coefficient (Wildman–Crippen LogP) is 19.5. The molecule has 0 unspecified atom stereocenters. The Hall–Kier alpha value is -3.41. The molecule has 0 spiro atoms. The summed E-state index contributed by atoms with van der Waals surface area (Å²) in [5, 5.41) is 0. The van der Waals surface area contributed by atoms with Gasteiger partial charge in [-0.05, 0) is 89.9 Å². The lowest BCUT2D eigenvalue weighted by molar-refractivity contribution is -0.166. The first-order valence-corrected chi connectivity index (χ1v) is 29.1. The molecule has 6 nitrogen and oxygen atoms in total. The van der Waals surface area contributed by atoms with Crippen LogP contribution in [-0.4, -0.2) is 37.2 Å². The van der Waals surface area contributed by atoms with Gasteiger partial charge in [-0.1, -0.05) is 254 Å². The van der Waals surface area contributed by atoms with E-state index < -0.39 is 6.10 Å². The van der Waals surface area contributed by atoms with Gasteiger partial charge in [0.05, 0.1) is 0 Å². The maximum Gasteiger partial charge on any atom is 0.306 e. The second kappa shape index (κ2) is 57.2. The summed E-state index contributed by atoms with van der Waals surface area (Å²) in [6, 6.07) is 0. The third-order valence-electron chi connectivity index (χ3n) is 12.4. The largest absolute Gasteiger partial charge is 0.462 e. The Morgan fingerprint density at radius 3 is 0.928 bits per heavy atom. The van der Waals surface area contributed by atoms with E-state index in [9.17, 15) is 14.4 Å². The van der Waals surface area contributed by atoms with E-state index in [1.54, 1.807) is 0 Å². The van der Waals surface area contributed by atoms with Crippen LogP contribution in [0.2, 0.25) is 0 Å². The lowest BCUT2D eigenvalue weighted by Crippen LogP contribution is -2.30. The monoisotopic (exact) mass is 961 g/mol. The van der Waals surface area contributed by atoms with Crippen molar-refractivity contribution < 1.29 is 28.6 Å². The predicted molar refractivity (Wildman–Crippen MR) is 297 cm³/mol. The van der Waals surface area contributed by atoms with Crippen LogP contribution < -0.4 is 0 Å². The van der Waals surface area contributed by atoms with Crippen LogP contribution in [-0.2, 0) is 28.6 Å². The molecule has 0 heterocycles. The number of allylic oxidation sites excluding steroid dienone is 14. The van der Waals surface area contributed by atoms with Crippen LogP contribution in [0.3, 0.4) is 0 Å². The summed E-state index contributed by atoms with van der Waals surface area (Å²) >= 11 is 0. The fourth-order valence-corrected chi connectivity index (χ4v) is 7.99. The highest BCUT2D eigenvalue weighted by atomic mass is 16.6. The van der Waals surface area contributed by atoms with Crippen LogP contribution in [0.5, 0.6) is 0 Å². The Balaban J connectivity index is 4.45. The van der Waals surface area contributed by atoms with E-state index in [2.05, 4.69) is 99.8 Å². The number of carbonyl (C=O) groups excluding carboxylic acids is 3. The van der Waals surface area contributed by atoms with Crippen molar-refractivity contribution in [1.82, 2.24) is 0 Å². The molecule has 6 heteroatoms. The maximum absolute atomic E-state index is 12.8. The highest BCUT2D eigenvalue weighted by Crippen LogP contribution is 2.15. The van der Waals surface area contributed by atoms with Crippen LogP contribution in [0.1, 0.15) is 278 Å². The van der Waals surface area contributed by atoms with Gasteiger partial charge in [-0.2, -0.15) is 0 Å². The number of hydrogen-bond donors (Lipinski definition) is 0. The molecule has 0 aromatic rings. The van der Waals surface area contributed by atoms with Crippen LogP contribution in [0.25, 0.3) is 0 Å². The van der Waals surface area contributed by atoms with Crippen molar-refractivity contribution in [3.8, 4) is 0 Å². The van der Waals surface area contributed by atoms with Crippen molar-refractivity contribution in [1.29, 1.82) is 0 Å². The second-order valence-electron chi connectivity index (χ2n) is 19.2. The quantitative estimate of drug-likeness (QED) is 0.0262. The van der Waals surface area contributed by atoms with Gasteiger partial charge in [0.15, 0.2) is 6.10 Å². The molecule has 0 saturated heterocycles. The minimum absolute atomic E-state index is 0.0998. The molecule has 0 bridgehead atoms. The molecule has 396 valence electrons.